The van der Waals surface area contributed by atoms with Crippen molar-refractivity contribution in [3.8, 4) is 0 Å². The second-order valence-electron chi connectivity index (χ2n) is 7.21. The van der Waals surface area contributed by atoms with E-state index in [4.69, 9.17) is 11.6 Å². The molecule has 12 heteroatoms. The van der Waals surface area contributed by atoms with Gasteiger partial charge < -0.3 is 15.5 Å². The first-order valence-corrected chi connectivity index (χ1v) is 11.1. The molecule has 4 amide bonds. The van der Waals surface area contributed by atoms with Crippen LogP contribution in [-0.4, -0.2) is 70.3 Å². The van der Waals surface area contributed by atoms with Crippen molar-refractivity contribution in [2.24, 2.45) is 0 Å². The van der Waals surface area contributed by atoms with Gasteiger partial charge in [0, 0.05) is 68.8 Å². The van der Waals surface area contributed by atoms with Crippen molar-refractivity contribution in [2.45, 2.75) is 6.54 Å². The molecule has 0 radical (unpaired) electrons. The molecule has 0 bridgehead atoms. The molecule has 4 rings (SSSR count). The predicted octanol–water partition coefficient (Wildman–Crippen LogP) is 3.06. The maximum atomic E-state index is 12.4. The van der Waals surface area contributed by atoms with Gasteiger partial charge in [0.1, 0.15) is 5.02 Å². The van der Waals surface area contributed by atoms with E-state index in [1.54, 1.807) is 13.2 Å². The molecule has 2 aliphatic rings. The summed E-state index contributed by atoms with van der Waals surface area (Å²) < 4.78 is 2.24. The molecule has 0 spiro atoms. The number of benzene rings is 1. The molecule has 10 nitrogen and oxygen atoms in total. The van der Waals surface area contributed by atoms with Crippen molar-refractivity contribution in [1.29, 1.82) is 0 Å². The maximum absolute atomic E-state index is 12.4. The van der Waals surface area contributed by atoms with E-state index in [-0.39, 0.29) is 12.6 Å². The van der Waals surface area contributed by atoms with Gasteiger partial charge in [0.25, 0.3) is 0 Å². The fourth-order valence-corrected chi connectivity index (χ4v) is 4.12. The summed E-state index contributed by atoms with van der Waals surface area (Å²) in [5.74, 6) is 1.14. The van der Waals surface area contributed by atoms with E-state index in [2.05, 4.69) is 51.5 Å². The molecule has 1 fully saturated rings. The number of fused-ring (bicyclic) bond motifs is 1. The first kappa shape index (κ1) is 21.8. The number of hydrogen-bond acceptors (Lipinski definition) is 7. The Labute approximate surface area is 199 Å². The largest absolute Gasteiger partial charge is 0.341 e. The third-order valence-electron chi connectivity index (χ3n) is 5.25. The van der Waals surface area contributed by atoms with E-state index in [0.717, 1.165) is 48.0 Å². The SMILES string of the molecule is CNC(=O)N1Cc2cc(Nc3nc(N4CCN(I)CC4)ncc3Cl)ccc2N(C)C1=O. The zero-order valence-corrected chi connectivity index (χ0v) is 20.0. The molecule has 2 N–H and O–H groups in total. The molecule has 1 aromatic heterocycles. The van der Waals surface area contributed by atoms with Gasteiger partial charge in [-0.1, -0.05) is 11.6 Å². The van der Waals surface area contributed by atoms with Gasteiger partial charge in [0.05, 0.1) is 18.4 Å². The summed E-state index contributed by atoms with van der Waals surface area (Å²) >= 11 is 8.67. The lowest BCUT2D eigenvalue weighted by Gasteiger charge is -2.33. The Balaban J connectivity index is 1.57. The van der Waals surface area contributed by atoms with Gasteiger partial charge in [-0.15, -0.1) is 0 Å². The number of piperazine rings is 1. The second kappa shape index (κ2) is 9.01. The third kappa shape index (κ3) is 4.48. The van der Waals surface area contributed by atoms with Crippen LogP contribution in [0, 0.1) is 0 Å². The van der Waals surface area contributed by atoms with E-state index < -0.39 is 6.03 Å². The van der Waals surface area contributed by atoms with Gasteiger partial charge >= 0.3 is 12.1 Å². The standard InChI is InChI=1S/C19H22ClIN8O2/c1-22-18(30)29-11-12-9-13(3-4-15(12)26(2)19(29)31)24-16-14(20)10-23-17(25-16)27-5-7-28(21)8-6-27/h3-4,9-10H,5-8,11H2,1-2H3,(H,22,30)(H,23,24,25). The van der Waals surface area contributed by atoms with Gasteiger partial charge in [0.2, 0.25) is 5.95 Å². The number of carbonyl (C=O) groups is 2. The Bertz CT molecular complexity index is 1010. The molecule has 0 saturated carbocycles. The molecule has 3 heterocycles. The van der Waals surface area contributed by atoms with Crippen LogP contribution in [0.2, 0.25) is 5.02 Å². The Morgan fingerprint density at radius 2 is 1.97 bits per heavy atom. The molecule has 0 unspecified atom stereocenters. The first-order chi connectivity index (χ1) is 14.9. The number of imide groups is 1. The van der Waals surface area contributed by atoms with Crippen LogP contribution in [-0.2, 0) is 6.54 Å². The van der Waals surface area contributed by atoms with Crippen molar-refractivity contribution in [3.63, 3.8) is 0 Å². The summed E-state index contributed by atoms with van der Waals surface area (Å²) in [6, 6.07) is 4.76. The quantitative estimate of drug-likeness (QED) is 0.443. The minimum Gasteiger partial charge on any atom is -0.341 e. The number of nitrogens with zero attached hydrogens (tertiary/aromatic N) is 6. The van der Waals surface area contributed by atoms with E-state index in [0.29, 0.717) is 16.8 Å². The average Bonchev–Trinajstić information content (AvgIpc) is 2.77. The van der Waals surface area contributed by atoms with Crippen molar-refractivity contribution < 1.29 is 9.59 Å². The average molecular weight is 557 g/mol. The van der Waals surface area contributed by atoms with Crippen LogP contribution >= 0.6 is 34.5 Å². The lowest BCUT2D eigenvalue weighted by Crippen LogP contribution is -2.50. The fraction of sp³-hybridized carbons (Fsp3) is 0.368. The Kier molecular flexibility index (Phi) is 6.34. The monoisotopic (exact) mass is 556 g/mol. The van der Waals surface area contributed by atoms with Gasteiger partial charge in [-0.25, -0.2) is 22.6 Å². The lowest BCUT2D eigenvalue weighted by molar-refractivity contribution is 0.187. The highest BCUT2D eigenvalue weighted by atomic mass is 127. The molecule has 2 aliphatic heterocycles. The summed E-state index contributed by atoms with van der Waals surface area (Å²) in [7, 11) is 3.14. The molecule has 0 aliphatic carbocycles. The molecular formula is C19H22ClIN8O2. The van der Waals surface area contributed by atoms with Crippen molar-refractivity contribution in [1.82, 2.24) is 23.3 Å². The Morgan fingerprint density at radius 1 is 1.23 bits per heavy atom. The number of carbonyl (C=O) groups excluding carboxylic acids is 2. The highest BCUT2D eigenvalue weighted by molar-refractivity contribution is 14.1. The lowest BCUT2D eigenvalue weighted by atomic mass is 10.1. The molecule has 1 aromatic carbocycles. The van der Waals surface area contributed by atoms with E-state index in [9.17, 15) is 9.59 Å². The number of aromatic nitrogens is 2. The number of hydrogen-bond donors (Lipinski definition) is 2. The number of amides is 4. The van der Waals surface area contributed by atoms with Crippen molar-refractivity contribution >= 4 is 69.7 Å². The zero-order valence-electron chi connectivity index (χ0n) is 17.1. The second-order valence-corrected chi connectivity index (χ2v) is 8.99. The number of anilines is 4. The normalized spacial score (nSPS) is 16.9. The molecular weight excluding hydrogens is 535 g/mol. The van der Waals surface area contributed by atoms with Crippen LogP contribution < -0.4 is 20.4 Å². The summed E-state index contributed by atoms with van der Waals surface area (Å²) in [6.07, 6.45) is 1.60. The van der Waals surface area contributed by atoms with Crippen LogP contribution in [0.25, 0.3) is 0 Å². The summed E-state index contributed by atoms with van der Waals surface area (Å²) in [5.41, 5.74) is 2.34. The number of rotatable bonds is 3. The first-order valence-electron chi connectivity index (χ1n) is 9.72. The highest BCUT2D eigenvalue weighted by Crippen LogP contribution is 2.32. The minimum atomic E-state index is -0.448. The van der Waals surface area contributed by atoms with Gasteiger partial charge in [-0.05, 0) is 23.8 Å². The smallest absolute Gasteiger partial charge is 0.332 e. The van der Waals surface area contributed by atoms with Crippen LogP contribution in [0.1, 0.15) is 5.56 Å². The van der Waals surface area contributed by atoms with Crippen molar-refractivity contribution in [3.05, 3.63) is 35.0 Å². The summed E-state index contributed by atoms with van der Waals surface area (Å²) in [5, 5.41) is 6.16. The predicted molar refractivity (Wildman–Crippen MR) is 128 cm³/mol. The molecule has 1 saturated heterocycles. The van der Waals surface area contributed by atoms with Crippen LogP contribution in [0.3, 0.4) is 0 Å². The number of urea groups is 2. The summed E-state index contributed by atoms with van der Waals surface area (Å²) in [6.45, 7) is 3.75. The molecule has 164 valence electrons. The number of halogens is 2. The van der Waals surface area contributed by atoms with E-state index in [1.165, 1.54) is 11.9 Å². The van der Waals surface area contributed by atoms with Gasteiger partial charge in [0.15, 0.2) is 5.82 Å². The maximum Gasteiger partial charge on any atom is 0.332 e. The minimum absolute atomic E-state index is 0.178. The molecule has 0 atom stereocenters. The fourth-order valence-electron chi connectivity index (χ4n) is 3.55. The van der Waals surface area contributed by atoms with Crippen molar-refractivity contribution in [2.75, 3.05) is 55.4 Å². The van der Waals surface area contributed by atoms with Gasteiger partial charge in [-0.3, -0.25) is 4.90 Å². The van der Waals surface area contributed by atoms with Crippen LogP contribution in [0.15, 0.2) is 24.4 Å². The highest BCUT2D eigenvalue weighted by Gasteiger charge is 2.31. The molecule has 31 heavy (non-hydrogen) atoms. The van der Waals surface area contributed by atoms with E-state index >= 15 is 0 Å². The molecule has 2 aromatic rings. The zero-order chi connectivity index (χ0) is 22.1. The van der Waals surface area contributed by atoms with E-state index in [1.807, 2.05) is 18.2 Å². The Morgan fingerprint density at radius 3 is 2.68 bits per heavy atom. The third-order valence-corrected chi connectivity index (χ3v) is 6.49. The topological polar surface area (TPSA) is 96.9 Å². The number of nitrogens with one attached hydrogen (secondary N) is 2. The van der Waals surface area contributed by atoms with Crippen LogP contribution in [0.4, 0.5) is 32.7 Å². The van der Waals surface area contributed by atoms with Gasteiger partial charge in [-0.2, -0.15) is 4.98 Å². The summed E-state index contributed by atoms with van der Waals surface area (Å²) in [4.78, 5) is 38.3. The van der Waals surface area contributed by atoms with Crippen LogP contribution in [0.5, 0.6) is 0 Å². The Hall–Kier alpha value is -2.38.